The van der Waals surface area contributed by atoms with Crippen LogP contribution in [0.25, 0.3) is 10.9 Å². The quantitative estimate of drug-likeness (QED) is 0.703. The summed E-state index contributed by atoms with van der Waals surface area (Å²) in [7, 11) is 1.59. The molecule has 29 heavy (non-hydrogen) atoms. The predicted molar refractivity (Wildman–Crippen MR) is 111 cm³/mol. The molecule has 2 N–H and O–H groups in total. The molecule has 1 saturated heterocycles. The van der Waals surface area contributed by atoms with Crippen molar-refractivity contribution in [3.05, 3.63) is 48.8 Å². The number of nitrogens with one attached hydrogen (secondary N) is 2. The molecule has 3 amide bonds. The van der Waals surface area contributed by atoms with E-state index in [9.17, 15) is 9.59 Å². The highest BCUT2D eigenvalue weighted by molar-refractivity contribution is 5.92. The number of hydrogen-bond donors (Lipinski definition) is 2. The van der Waals surface area contributed by atoms with Gasteiger partial charge in [0.05, 0.1) is 5.52 Å². The molecule has 2 aromatic heterocycles. The molecular formula is C21H23N5O3. The minimum Gasteiger partial charge on any atom is -0.457 e. The van der Waals surface area contributed by atoms with E-state index in [4.69, 9.17) is 4.74 Å². The number of amides is 3. The molecule has 0 spiro atoms. The first-order valence-corrected chi connectivity index (χ1v) is 9.67. The van der Waals surface area contributed by atoms with Gasteiger partial charge in [-0.25, -0.2) is 14.6 Å². The molecule has 0 bridgehead atoms. The number of anilines is 1. The minimum atomic E-state index is -0.197. The van der Waals surface area contributed by atoms with Crippen molar-refractivity contribution in [1.82, 2.24) is 19.8 Å². The summed E-state index contributed by atoms with van der Waals surface area (Å²) in [6.07, 6.45) is 6.56. The summed E-state index contributed by atoms with van der Waals surface area (Å²) in [5.74, 6) is 1.65. The SMILES string of the molecule is CNC(=O)n1ccc2cc(Oc3ccnc(NC(=O)N4CCCCC4)c3)ccc21. The molecule has 4 rings (SSSR count). The van der Waals surface area contributed by atoms with E-state index in [2.05, 4.69) is 15.6 Å². The average molecular weight is 393 g/mol. The highest BCUT2D eigenvalue weighted by Gasteiger charge is 2.17. The van der Waals surface area contributed by atoms with Gasteiger partial charge in [-0.1, -0.05) is 0 Å². The molecule has 0 saturated carbocycles. The van der Waals surface area contributed by atoms with Crippen molar-refractivity contribution >= 4 is 28.8 Å². The smallest absolute Gasteiger partial charge is 0.325 e. The Labute approximate surface area is 168 Å². The number of rotatable bonds is 3. The van der Waals surface area contributed by atoms with Crippen LogP contribution in [0, 0.1) is 0 Å². The fourth-order valence-electron chi connectivity index (χ4n) is 3.45. The molecule has 1 fully saturated rings. The Bertz CT molecular complexity index is 1040. The van der Waals surface area contributed by atoms with Gasteiger partial charge >= 0.3 is 12.1 Å². The van der Waals surface area contributed by atoms with Crippen LogP contribution >= 0.6 is 0 Å². The molecule has 0 aliphatic carbocycles. The number of likely N-dealkylation sites (tertiary alicyclic amines) is 1. The van der Waals surface area contributed by atoms with Crippen LogP contribution in [-0.2, 0) is 0 Å². The van der Waals surface area contributed by atoms with Crippen LogP contribution in [-0.4, -0.2) is 46.7 Å². The third kappa shape index (κ3) is 4.16. The Hall–Kier alpha value is -3.55. The van der Waals surface area contributed by atoms with Crippen LogP contribution in [0.2, 0.25) is 0 Å². The second kappa shape index (κ2) is 8.22. The number of aromatic nitrogens is 2. The highest BCUT2D eigenvalue weighted by atomic mass is 16.5. The number of carbonyl (C=O) groups is 2. The fraction of sp³-hybridized carbons (Fsp3) is 0.286. The number of carbonyl (C=O) groups excluding carboxylic acids is 2. The van der Waals surface area contributed by atoms with E-state index in [1.165, 1.54) is 6.42 Å². The number of ether oxygens (including phenoxy) is 1. The van der Waals surface area contributed by atoms with Gasteiger partial charge in [-0.15, -0.1) is 0 Å². The Kier molecular flexibility index (Phi) is 5.33. The molecule has 8 heteroatoms. The first-order valence-electron chi connectivity index (χ1n) is 9.67. The zero-order chi connectivity index (χ0) is 20.2. The molecule has 1 aliphatic heterocycles. The van der Waals surface area contributed by atoms with Gasteiger partial charge in [-0.3, -0.25) is 9.88 Å². The molecule has 150 valence electrons. The molecule has 1 aromatic carbocycles. The van der Waals surface area contributed by atoms with Crippen LogP contribution in [0.15, 0.2) is 48.8 Å². The third-order valence-corrected chi connectivity index (χ3v) is 4.94. The van der Waals surface area contributed by atoms with E-state index in [1.54, 1.807) is 42.2 Å². The summed E-state index contributed by atoms with van der Waals surface area (Å²) in [6.45, 7) is 1.55. The average Bonchev–Trinajstić information content (AvgIpc) is 3.17. The van der Waals surface area contributed by atoms with Gasteiger partial charge in [-0.05, 0) is 49.6 Å². The van der Waals surface area contributed by atoms with Crippen molar-refractivity contribution in [3.8, 4) is 11.5 Å². The fourth-order valence-corrected chi connectivity index (χ4v) is 3.45. The van der Waals surface area contributed by atoms with E-state index in [-0.39, 0.29) is 12.1 Å². The van der Waals surface area contributed by atoms with E-state index in [0.29, 0.717) is 17.3 Å². The lowest BCUT2D eigenvalue weighted by molar-refractivity contribution is 0.200. The number of piperidine rings is 1. The summed E-state index contributed by atoms with van der Waals surface area (Å²) in [5, 5.41) is 6.33. The molecule has 0 radical (unpaired) electrons. The van der Waals surface area contributed by atoms with Crippen LogP contribution in [0.1, 0.15) is 19.3 Å². The highest BCUT2D eigenvalue weighted by Crippen LogP contribution is 2.27. The Morgan fingerprint density at radius 2 is 1.79 bits per heavy atom. The zero-order valence-electron chi connectivity index (χ0n) is 16.2. The van der Waals surface area contributed by atoms with Crippen molar-refractivity contribution < 1.29 is 14.3 Å². The standard InChI is InChI=1S/C21H23N5O3/c1-22-20(27)26-12-8-15-13-16(5-6-18(15)26)29-17-7-9-23-19(14-17)24-21(28)25-10-3-2-4-11-25/h5-9,12-14H,2-4,10-11H2,1H3,(H,22,27)(H,23,24,28). The first-order chi connectivity index (χ1) is 14.1. The van der Waals surface area contributed by atoms with Crippen LogP contribution < -0.4 is 15.4 Å². The lowest BCUT2D eigenvalue weighted by Gasteiger charge is -2.26. The van der Waals surface area contributed by atoms with Crippen molar-refractivity contribution in [2.75, 3.05) is 25.5 Å². The van der Waals surface area contributed by atoms with Crippen molar-refractivity contribution in [3.63, 3.8) is 0 Å². The number of fused-ring (bicyclic) bond motifs is 1. The number of urea groups is 1. The molecular weight excluding hydrogens is 370 g/mol. The lowest BCUT2D eigenvalue weighted by atomic mass is 10.1. The van der Waals surface area contributed by atoms with Gasteiger partial charge in [0.2, 0.25) is 0 Å². The van der Waals surface area contributed by atoms with Gasteiger partial charge in [0.15, 0.2) is 0 Å². The second-order valence-corrected chi connectivity index (χ2v) is 6.92. The monoisotopic (exact) mass is 393 g/mol. The Morgan fingerprint density at radius 3 is 2.59 bits per heavy atom. The summed E-state index contributed by atoms with van der Waals surface area (Å²) < 4.78 is 7.48. The minimum absolute atomic E-state index is 0.133. The van der Waals surface area contributed by atoms with Gasteiger partial charge in [0, 0.05) is 44.0 Å². The van der Waals surface area contributed by atoms with Gasteiger partial charge < -0.3 is 15.0 Å². The summed E-state index contributed by atoms with van der Waals surface area (Å²) in [4.78, 5) is 30.3. The zero-order valence-corrected chi connectivity index (χ0v) is 16.2. The molecule has 0 atom stereocenters. The first kappa shape index (κ1) is 18.8. The maximum Gasteiger partial charge on any atom is 0.325 e. The van der Waals surface area contributed by atoms with Crippen molar-refractivity contribution in [1.29, 1.82) is 0 Å². The molecule has 3 heterocycles. The molecule has 3 aromatic rings. The molecule has 8 nitrogen and oxygen atoms in total. The Balaban J connectivity index is 1.47. The topological polar surface area (TPSA) is 88.5 Å². The van der Waals surface area contributed by atoms with Gasteiger partial charge in [0.1, 0.15) is 17.3 Å². The molecule has 1 aliphatic rings. The summed E-state index contributed by atoms with van der Waals surface area (Å²) in [5.41, 5.74) is 0.793. The van der Waals surface area contributed by atoms with E-state index in [0.717, 1.165) is 36.8 Å². The Morgan fingerprint density at radius 1 is 1.00 bits per heavy atom. The van der Waals surface area contributed by atoms with E-state index in [1.807, 2.05) is 23.1 Å². The van der Waals surface area contributed by atoms with Crippen LogP contribution in [0.5, 0.6) is 11.5 Å². The second-order valence-electron chi connectivity index (χ2n) is 6.92. The van der Waals surface area contributed by atoms with Gasteiger partial charge in [-0.2, -0.15) is 0 Å². The molecule has 0 unspecified atom stereocenters. The maximum absolute atomic E-state index is 12.4. The summed E-state index contributed by atoms with van der Waals surface area (Å²) in [6, 6.07) is 10.4. The van der Waals surface area contributed by atoms with Crippen LogP contribution in [0.3, 0.4) is 0 Å². The number of hydrogen-bond acceptors (Lipinski definition) is 4. The van der Waals surface area contributed by atoms with Gasteiger partial charge in [0.25, 0.3) is 0 Å². The van der Waals surface area contributed by atoms with Crippen LogP contribution in [0.4, 0.5) is 15.4 Å². The maximum atomic E-state index is 12.4. The summed E-state index contributed by atoms with van der Waals surface area (Å²) >= 11 is 0. The van der Waals surface area contributed by atoms with Crippen molar-refractivity contribution in [2.24, 2.45) is 0 Å². The lowest BCUT2D eigenvalue weighted by Crippen LogP contribution is -2.38. The predicted octanol–water partition coefficient (Wildman–Crippen LogP) is 4.03. The number of pyridine rings is 1. The van der Waals surface area contributed by atoms with Crippen molar-refractivity contribution in [2.45, 2.75) is 19.3 Å². The number of benzene rings is 1. The van der Waals surface area contributed by atoms with E-state index < -0.39 is 0 Å². The van der Waals surface area contributed by atoms with E-state index >= 15 is 0 Å². The third-order valence-electron chi connectivity index (χ3n) is 4.94. The number of nitrogens with zero attached hydrogens (tertiary/aromatic N) is 3. The normalized spacial score (nSPS) is 13.9. The largest absolute Gasteiger partial charge is 0.457 e.